The maximum Gasteiger partial charge on any atom is 0.350 e. The van der Waals surface area contributed by atoms with E-state index in [-0.39, 0.29) is 43.2 Å². The summed E-state index contributed by atoms with van der Waals surface area (Å²) >= 11 is 1.45. The molecule has 0 saturated carbocycles. The maximum absolute atomic E-state index is 12.7. The molecule has 11 heteroatoms. The van der Waals surface area contributed by atoms with E-state index in [1.807, 2.05) is 24.3 Å². The highest BCUT2D eigenvalue weighted by atomic mass is 35.5. The lowest BCUT2D eigenvalue weighted by atomic mass is 10.1. The topological polar surface area (TPSA) is 122 Å². The van der Waals surface area contributed by atoms with Gasteiger partial charge in [0.15, 0.2) is 0 Å². The molecule has 0 spiro atoms. The Balaban J connectivity index is 0.00000300. The van der Waals surface area contributed by atoms with E-state index >= 15 is 0 Å². The van der Waals surface area contributed by atoms with E-state index in [9.17, 15) is 14.0 Å². The molecule has 1 aromatic carbocycles. The molecule has 2 aromatic heterocycles. The van der Waals surface area contributed by atoms with Gasteiger partial charge in [0.2, 0.25) is 5.91 Å². The first-order valence-corrected chi connectivity index (χ1v) is 9.25. The van der Waals surface area contributed by atoms with Crippen molar-refractivity contribution in [1.82, 2.24) is 19.3 Å². The molecule has 154 valence electrons. The summed E-state index contributed by atoms with van der Waals surface area (Å²) in [5.41, 5.74) is 12.2. The Morgan fingerprint density at radius 3 is 2.62 bits per heavy atom. The average Bonchev–Trinajstić information content (AvgIpc) is 3.26. The van der Waals surface area contributed by atoms with E-state index in [1.54, 1.807) is 6.20 Å². The largest absolute Gasteiger partial charge is 0.369 e. The molecule has 0 fully saturated rings. The predicted octanol–water partition coefficient (Wildman–Crippen LogP) is 1.34. The highest BCUT2D eigenvalue weighted by Gasteiger charge is 2.10. The van der Waals surface area contributed by atoms with Crippen molar-refractivity contribution < 1.29 is 9.18 Å². The van der Waals surface area contributed by atoms with E-state index < -0.39 is 5.91 Å². The van der Waals surface area contributed by atoms with Gasteiger partial charge in [0.05, 0.1) is 25.0 Å². The van der Waals surface area contributed by atoms with Crippen molar-refractivity contribution in [2.45, 2.75) is 19.4 Å². The van der Waals surface area contributed by atoms with Crippen LogP contribution < -0.4 is 17.2 Å². The monoisotopic (exact) mass is 438 g/mol. The molecular weight excluding hydrogens is 419 g/mol. The Morgan fingerprint density at radius 1 is 1.28 bits per heavy atom. The van der Waals surface area contributed by atoms with Crippen LogP contribution in [0.3, 0.4) is 0 Å². The van der Waals surface area contributed by atoms with Crippen molar-refractivity contribution in [3.05, 3.63) is 74.6 Å². The second-order valence-electron chi connectivity index (χ2n) is 6.12. The summed E-state index contributed by atoms with van der Waals surface area (Å²) in [6, 6.07) is 7.42. The third-order valence-electron chi connectivity index (χ3n) is 4.02. The lowest BCUT2D eigenvalue weighted by Gasteiger charge is -2.04. The predicted molar refractivity (Wildman–Crippen MR) is 111 cm³/mol. The number of amides is 1. The van der Waals surface area contributed by atoms with E-state index in [2.05, 4.69) is 10.1 Å². The van der Waals surface area contributed by atoms with Gasteiger partial charge in [0.1, 0.15) is 11.3 Å². The molecule has 0 radical (unpaired) electrons. The molecule has 8 nitrogen and oxygen atoms in total. The van der Waals surface area contributed by atoms with Gasteiger partial charge in [-0.2, -0.15) is 5.10 Å². The molecule has 0 aliphatic rings. The zero-order valence-corrected chi connectivity index (χ0v) is 17.0. The Morgan fingerprint density at radius 2 is 2.00 bits per heavy atom. The number of aromatic nitrogens is 4. The van der Waals surface area contributed by atoms with Crippen LogP contribution >= 0.6 is 23.7 Å². The van der Waals surface area contributed by atoms with Gasteiger partial charge in [-0.05, 0) is 23.3 Å². The maximum atomic E-state index is 12.7. The summed E-state index contributed by atoms with van der Waals surface area (Å²) in [6.07, 6.45) is 4.32. The number of nitrogens with two attached hydrogens (primary N) is 2. The van der Waals surface area contributed by atoms with E-state index in [1.165, 1.54) is 22.2 Å². The normalized spacial score (nSPS) is 11.3. The highest BCUT2D eigenvalue weighted by molar-refractivity contribution is 7.11. The fraction of sp³-hybridized carbons (Fsp3) is 0.222. The minimum absolute atomic E-state index is 0. The minimum Gasteiger partial charge on any atom is -0.369 e. The van der Waals surface area contributed by atoms with Gasteiger partial charge < -0.3 is 11.5 Å². The second-order valence-corrected chi connectivity index (χ2v) is 7.32. The van der Waals surface area contributed by atoms with Crippen molar-refractivity contribution in [3.8, 4) is 5.69 Å². The van der Waals surface area contributed by atoms with Crippen LogP contribution in [0.4, 0.5) is 4.39 Å². The zero-order chi connectivity index (χ0) is 20.1. The first kappa shape index (κ1) is 22.5. The Labute approximate surface area is 176 Å². The van der Waals surface area contributed by atoms with Gasteiger partial charge >= 0.3 is 5.69 Å². The number of carbonyl (C=O) groups excluding carboxylic acids is 1. The number of primary amides is 1. The number of hydrogen-bond donors (Lipinski definition) is 2. The number of nitrogens with zero attached hydrogens (tertiary/aromatic N) is 4. The average molecular weight is 439 g/mol. The lowest BCUT2D eigenvalue weighted by molar-refractivity contribution is -0.117. The van der Waals surface area contributed by atoms with Crippen LogP contribution in [0, 0.1) is 0 Å². The highest BCUT2D eigenvalue weighted by Crippen LogP contribution is 2.18. The first-order valence-electron chi connectivity index (χ1n) is 8.44. The van der Waals surface area contributed by atoms with Crippen LogP contribution in [-0.4, -0.2) is 31.8 Å². The molecule has 29 heavy (non-hydrogen) atoms. The van der Waals surface area contributed by atoms with E-state index in [0.29, 0.717) is 23.4 Å². The first-order chi connectivity index (χ1) is 13.5. The minimum atomic E-state index is -0.406. The molecule has 0 saturated heterocycles. The number of halogens is 2. The molecule has 0 bridgehead atoms. The van der Waals surface area contributed by atoms with Crippen LogP contribution in [0.1, 0.15) is 15.4 Å². The number of hydrogen-bond acceptors (Lipinski definition) is 6. The molecule has 0 aliphatic carbocycles. The molecule has 2 heterocycles. The molecule has 0 atom stereocenters. The third-order valence-corrected chi connectivity index (χ3v) is 5.02. The summed E-state index contributed by atoms with van der Waals surface area (Å²) in [7, 11) is 0. The van der Waals surface area contributed by atoms with E-state index in [4.69, 9.17) is 11.5 Å². The van der Waals surface area contributed by atoms with Crippen molar-refractivity contribution in [2.75, 3.05) is 6.54 Å². The SMILES string of the molecule is Cl.NC/C(=C\F)Cn1ncn(-c2ccc(Cc3cnc(CC(N)=O)s3)cc2)c1=O. The molecule has 3 aromatic rings. The van der Waals surface area contributed by atoms with Gasteiger partial charge in [-0.25, -0.2) is 23.4 Å². The quantitative estimate of drug-likeness (QED) is 0.549. The number of benzene rings is 1. The number of carbonyl (C=O) groups is 1. The molecule has 3 rings (SSSR count). The Bertz CT molecular complexity index is 1060. The molecule has 4 N–H and O–H groups in total. The summed E-state index contributed by atoms with van der Waals surface area (Å²) < 4.78 is 15.2. The van der Waals surface area contributed by atoms with Crippen molar-refractivity contribution >= 4 is 29.7 Å². The van der Waals surface area contributed by atoms with Gasteiger partial charge in [-0.3, -0.25) is 4.79 Å². The van der Waals surface area contributed by atoms with Crippen molar-refractivity contribution in [3.63, 3.8) is 0 Å². The van der Waals surface area contributed by atoms with Crippen LogP contribution in [0.15, 0.2) is 53.5 Å². The van der Waals surface area contributed by atoms with Crippen LogP contribution in [0.5, 0.6) is 0 Å². The Hall–Kier alpha value is -2.82. The Kier molecular flexibility index (Phi) is 7.82. The van der Waals surface area contributed by atoms with Crippen LogP contribution in [0.2, 0.25) is 0 Å². The summed E-state index contributed by atoms with van der Waals surface area (Å²) in [4.78, 5) is 28.6. The fourth-order valence-corrected chi connectivity index (χ4v) is 3.56. The van der Waals surface area contributed by atoms with Crippen molar-refractivity contribution in [2.24, 2.45) is 11.5 Å². The van der Waals surface area contributed by atoms with Gasteiger partial charge in [-0.15, -0.1) is 23.7 Å². The summed E-state index contributed by atoms with van der Waals surface area (Å²) in [5, 5.41) is 4.70. The van der Waals surface area contributed by atoms with Crippen LogP contribution in [0.25, 0.3) is 5.69 Å². The number of rotatable bonds is 8. The standard InChI is InChI=1S/C18H19FN6O2S.ClH/c19-7-13(8-20)10-25-18(27)24(11-23-25)14-3-1-12(2-4-14)5-15-9-22-17(28-15)6-16(21)26;/h1-4,7,9,11H,5-6,8,10,20H2,(H2,21,26);1H/b13-7+;. The number of thiazole rings is 1. The summed E-state index contributed by atoms with van der Waals surface area (Å²) in [5.74, 6) is -0.406. The van der Waals surface area contributed by atoms with Crippen molar-refractivity contribution in [1.29, 1.82) is 0 Å². The molecular formula is C18H20ClFN6O2S. The van der Waals surface area contributed by atoms with Gasteiger partial charge in [0.25, 0.3) is 0 Å². The lowest BCUT2D eigenvalue weighted by Crippen LogP contribution is -2.25. The molecule has 0 aliphatic heterocycles. The second kappa shape index (κ2) is 10.1. The molecule has 1 amide bonds. The van der Waals surface area contributed by atoms with E-state index in [0.717, 1.165) is 15.1 Å². The zero-order valence-electron chi connectivity index (χ0n) is 15.3. The molecule has 0 unspecified atom stereocenters. The van der Waals surface area contributed by atoms with Crippen LogP contribution in [-0.2, 0) is 24.2 Å². The fourth-order valence-electron chi connectivity index (χ4n) is 2.59. The smallest absolute Gasteiger partial charge is 0.350 e. The van der Waals surface area contributed by atoms with Gasteiger partial charge in [-0.1, -0.05) is 12.1 Å². The van der Waals surface area contributed by atoms with Gasteiger partial charge in [0, 0.05) is 24.0 Å². The summed E-state index contributed by atoms with van der Waals surface area (Å²) in [6.45, 7) is 0.0269. The third kappa shape index (κ3) is 5.59.